The fourth-order valence-corrected chi connectivity index (χ4v) is 4.10. The van der Waals surface area contributed by atoms with Gasteiger partial charge in [-0.15, -0.1) is 0 Å². The van der Waals surface area contributed by atoms with Crippen molar-refractivity contribution >= 4 is 15.9 Å². The van der Waals surface area contributed by atoms with Gasteiger partial charge in [0.1, 0.15) is 0 Å². The number of amides is 1. The van der Waals surface area contributed by atoms with Crippen LogP contribution in [0.1, 0.15) is 24.8 Å². The molecule has 1 amide bonds. The van der Waals surface area contributed by atoms with Crippen molar-refractivity contribution < 1.29 is 17.9 Å². The number of benzene rings is 1. The molecule has 0 atom stereocenters. The average molecular weight is 352 g/mol. The fraction of sp³-hybridized carbons (Fsp3) is 0.588. The number of morpholine rings is 1. The molecule has 1 aliphatic carbocycles. The molecule has 3 rings (SSSR count). The minimum atomic E-state index is -3.45. The van der Waals surface area contributed by atoms with Crippen LogP contribution in [0.15, 0.2) is 29.2 Å². The van der Waals surface area contributed by atoms with Crippen LogP contribution in [0, 0.1) is 5.92 Å². The molecule has 1 aromatic rings. The summed E-state index contributed by atoms with van der Waals surface area (Å²) in [5, 5.41) is 2.94. The first-order chi connectivity index (χ1) is 11.6. The predicted molar refractivity (Wildman–Crippen MR) is 90.1 cm³/mol. The maximum Gasteiger partial charge on any atom is 0.243 e. The van der Waals surface area contributed by atoms with E-state index in [0.717, 1.165) is 12.1 Å². The van der Waals surface area contributed by atoms with Gasteiger partial charge in [0.05, 0.1) is 18.1 Å². The van der Waals surface area contributed by atoms with Crippen LogP contribution >= 0.6 is 0 Å². The Bertz CT molecular complexity index is 662. The second-order valence-corrected chi connectivity index (χ2v) is 8.35. The van der Waals surface area contributed by atoms with Crippen molar-refractivity contribution in [1.29, 1.82) is 0 Å². The minimum absolute atomic E-state index is 0.0620. The summed E-state index contributed by atoms with van der Waals surface area (Å²) in [4.78, 5) is 12.1. The highest BCUT2D eigenvalue weighted by Gasteiger charge is 2.26. The summed E-state index contributed by atoms with van der Waals surface area (Å²) in [5.41, 5.74) is 0.970. The van der Waals surface area contributed by atoms with Crippen LogP contribution in [-0.2, 0) is 26.0 Å². The van der Waals surface area contributed by atoms with Gasteiger partial charge >= 0.3 is 0 Å². The van der Waals surface area contributed by atoms with E-state index in [1.165, 1.54) is 17.1 Å². The first kappa shape index (κ1) is 17.4. The van der Waals surface area contributed by atoms with Gasteiger partial charge in [0.2, 0.25) is 15.9 Å². The van der Waals surface area contributed by atoms with Gasteiger partial charge in [-0.1, -0.05) is 12.1 Å². The Kier molecular flexibility index (Phi) is 5.53. The van der Waals surface area contributed by atoms with Gasteiger partial charge in [0, 0.05) is 26.1 Å². The molecular formula is C17H24N2O4S. The molecule has 1 aromatic carbocycles. The van der Waals surface area contributed by atoms with Gasteiger partial charge in [0.15, 0.2) is 0 Å². The molecule has 1 N–H and O–H groups in total. The van der Waals surface area contributed by atoms with Gasteiger partial charge in [-0.2, -0.15) is 4.31 Å². The van der Waals surface area contributed by atoms with E-state index in [9.17, 15) is 13.2 Å². The van der Waals surface area contributed by atoms with Crippen molar-refractivity contribution in [3.8, 4) is 0 Å². The van der Waals surface area contributed by atoms with Crippen LogP contribution in [0.3, 0.4) is 0 Å². The Morgan fingerprint density at radius 3 is 2.46 bits per heavy atom. The lowest BCUT2D eigenvalue weighted by molar-refractivity contribution is -0.121. The summed E-state index contributed by atoms with van der Waals surface area (Å²) in [5.74, 6) is 0.741. The van der Waals surface area contributed by atoms with Crippen LogP contribution in [0.2, 0.25) is 0 Å². The first-order valence-electron chi connectivity index (χ1n) is 8.49. The lowest BCUT2D eigenvalue weighted by atomic mass is 10.1. The normalized spacial score (nSPS) is 19.2. The summed E-state index contributed by atoms with van der Waals surface area (Å²) in [6.45, 7) is 2.45. The minimum Gasteiger partial charge on any atom is -0.379 e. The molecule has 7 heteroatoms. The first-order valence-corrected chi connectivity index (χ1v) is 9.93. The molecule has 0 bridgehead atoms. The highest BCUT2D eigenvalue weighted by molar-refractivity contribution is 7.89. The van der Waals surface area contributed by atoms with Gasteiger partial charge in [0.25, 0.3) is 0 Å². The smallest absolute Gasteiger partial charge is 0.243 e. The molecule has 6 nitrogen and oxygen atoms in total. The third kappa shape index (κ3) is 4.55. The Labute approximate surface area is 143 Å². The van der Waals surface area contributed by atoms with Crippen LogP contribution < -0.4 is 5.32 Å². The number of aryl methyl sites for hydroxylation is 1. The predicted octanol–water partition coefficient (Wildman–Crippen LogP) is 1.17. The van der Waals surface area contributed by atoms with Crippen molar-refractivity contribution in [2.75, 3.05) is 32.8 Å². The van der Waals surface area contributed by atoms with E-state index >= 15 is 0 Å². The standard InChI is InChI=1S/C17H24N2O4S/c20-17(18-13-15-1-2-15)8-5-14-3-6-16(7-4-14)24(21,22)19-9-11-23-12-10-19/h3-4,6-7,15H,1-2,5,8-13H2,(H,18,20). The Hall–Kier alpha value is -1.44. The zero-order chi connectivity index (χ0) is 17.0. The van der Waals surface area contributed by atoms with Crippen molar-refractivity contribution in [2.24, 2.45) is 5.92 Å². The Morgan fingerprint density at radius 1 is 1.17 bits per heavy atom. The molecular weight excluding hydrogens is 328 g/mol. The van der Waals surface area contributed by atoms with Crippen LogP contribution in [0.4, 0.5) is 0 Å². The zero-order valence-corrected chi connectivity index (χ0v) is 14.6. The molecule has 0 aromatic heterocycles. The Balaban J connectivity index is 1.53. The van der Waals surface area contributed by atoms with E-state index in [1.807, 2.05) is 0 Å². The zero-order valence-electron chi connectivity index (χ0n) is 13.7. The summed E-state index contributed by atoms with van der Waals surface area (Å²) < 4.78 is 31.7. The summed E-state index contributed by atoms with van der Waals surface area (Å²) in [7, 11) is -3.45. The molecule has 0 radical (unpaired) electrons. The van der Waals surface area contributed by atoms with Crippen molar-refractivity contribution in [2.45, 2.75) is 30.6 Å². The summed E-state index contributed by atoms with van der Waals surface area (Å²) >= 11 is 0. The second-order valence-electron chi connectivity index (χ2n) is 6.41. The number of hydrogen-bond acceptors (Lipinski definition) is 4. The van der Waals surface area contributed by atoms with E-state index in [4.69, 9.17) is 4.74 Å². The molecule has 0 spiro atoms. The SMILES string of the molecule is O=C(CCc1ccc(S(=O)(=O)N2CCOCC2)cc1)NCC1CC1. The maximum atomic E-state index is 12.5. The maximum absolute atomic E-state index is 12.5. The van der Waals surface area contributed by atoms with E-state index in [-0.39, 0.29) is 5.91 Å². The number of nitrogens with zero attached hydrogens (tertiary/aromatic N) is 1. The number of ether oxygens (including phenoxy) is 1. The molecule has 0 unspecified atom stereocenters. The molecule has 1 aliphatic heterocycles. The van der Waals surface area contributed by atoms with Gasteiger partial charge in [-0.05, 0) is 42.9 Å². The fourth-order valence-electron chi connectivity index (χ4n) is 2.69. The topological polar surface area (TPSA) is 75.7 Å². The number of hydrogen-bond donors (Lipinski definition) is 1. The van der Waals surface area contributed by atoms with Crippen molar-refractivity contribution in [1.82, 2.24) is 9.62 Å². The quantitative estimate of drug-likeness (QED) is 0.799. The van der Waals surface area contributed by atoms with Gasteiger partial charge in [-0.25, -0.2) is 8.42 Å². The molecule has 1 saturated heterocycles. The number of carbonyl (C=O) groups excluding carboxylic acids is 1. The van der Waals surface area contributed by atoms with Crippen LogP contribution in [0.5, 0.6) is 0 Å². The molecule has 132 valence electrons. The largest absolute Gasteiger partial charge is 0.379 e. The Morgan fingerprint density at radius 2 is 1.83 bits per heavy atom. The average Bonchev–Trinajstić information content (AvgIpc) is 3.44. The van der Waals surface area contributed by atoms with Crippen LogP contribution in [-0.4, -0.2) is 51.5 Å². The number of carbonyl (C=O) groups is 1. The summed E-state index contributed by atoms with van der Waals surface area (Å²) in [6.07, 6.45) is 3.50. The van der Waals surface area contributed by atoms with E-state index in [2.05, 4.69) is 5.32 Å². The van der Waals surface area contributed by atoms with Crippen LogP contribution in [0.25, 0.3) is 0 Å². The van der Waals surface area contributed by atoms with E-state index in [0.29, 0.717) is 50.0 Å². The highest BCUT2D eigenvalue weighted by atomic mass is 32.2. The van der Waals surface area contributed by atoms with Gasteiger partial charge in [-0.3, -0.25) is 4.79 Å². The lowest BCUT2D eigenvalue weighted by Gasteiger charge is -2.26. The number of sulfonamides is 1. The monoisotopic (exact) mass is 352 g/mol. The van der Waals surface area contributed by atoms with Crippen molar-refractivity contribution in [3.63, 3.8) is 0 Å². The lowest BCUT2D eigenvalue weighted by Crippen LogP contribution is -2.40. The summed E-state index contributed by atoms with van der Waals surface area (Å²) in [6, 6.07) is 6.84. The third-order valence-corrected chi connectivity index (χ3v) is 6.37. The number of rotatable bonds is 7. The van der Waals surface area contributed by atoms with Crippen molar-refractivity contribution in [3.05, 3.63) is 29.8 Å². The highest BCUT2D eigenvalue weighted by Crippen LogP contribution is 2.27. The molecule has 1 saturated carbocycles. The third-order valence-electron chi connectivity index (χ3n) is 4.46. The molecule has 2 fully saturated rings. The van der Waals surface area contributed by atoms with Gasteiger partial charge < -0.3 is 10.1 Å². The second kappa shape index (κ2) is 7.63. The molecule has 1 heterocycles. The molecule has 24 heavy (non-hydrogen) atoms. The number of nitrogens with one attached hydrogen (secondary N) is 1. The molecule has 2 aliphatic rings. The van der Waals surface area contributed by atoms with E-state index in [1.54, 1.807) is 24.3 Å². The van der Waals surface area contributed by atoms with E-state index < -0.39 is 10.0 Å².